The zero-order chi connectivity index (χ0) is 17.2. The van der Waals surface area contributed by atoms with Gasteiger partial charge >= 0.3 is 0 Å². The first-order valence-electron chi connectivity index (χ1n) is 8.25. The van der Waals surface area contributed by atoms with Crippen LogP contribution in [0.1, 0.15) is 28.8 Å². The minimum Gasteiger partial charge on any atom is -0.325 e. The molecule has 0 aliphatic heterocycles. The van der Waals surface area contributed by atoms with Crippen LogP contribution in [0.25, 0.3) is 15.7 Å². The average Bonchev–Trinajstić information content (AvgIpc) is 3.06. The molecule has 0 atom stereocenters. The summed E-state index contributed by atoms with van der Waals surface area (Å²) in [7, 11) is 5.79. The lowest BCUT2D eigenvalue weighted by molar-refractivity contribution is 0.0965. The Morgan fingerprint density at radius 3 is 2.88 bits per heavy atom. The molecule has 0 spiro atoms. The molecule has 2 radical (unpaired) electrons. The third-order valence-electron chi connectivity index (χ3n) is 4.36. The molecule has 1 aromatic heterocycles. The number of carbonyl (C=O) groups is 1. The maximum atomic E-state index is 12.6. The minimum atomic E-state index is -0.116. The Labute approximate surface area is 152 Å². The van der Waals surface area contributed by atoms with Gasteiger partial charge in [-0.3, -0.25) is 4.79 Å². The van der Waals surface area contributed by atoms with Gasteiger partial charge in [0.1, 0.15) is 7.85 Å². The van der Waals surface area contributed by atoms with E-state index < -0.39 is 0 Å². The van der Waals surface area contributed by atoms with Crippen molar-refractivity contribution in [2.24, 2.45) is 0 Å². The van der Waals surface area contributed by atoms with E-state index in [9.17, 15) is 4.79 Å². The van der Waals surface area contributed by atoms with Crippen LogP contribution in [-0.4, -0.2) is 13.8 Å². The molecule has 0 fully saturated rings. The molecule has 2 aromatic carbocycles. The molecule has 4 rings (SSSR count). The predicted octanol–water partition coefficient (Wildman–Crippen LogP) is 4.19. The molecular formula is C21H16BNOS. The van der Waals surface area contributed by atoms with E-state index in [2.05, 4.69) is 47.1 Å². The molecule has 1 aliphatic rings. The van der Waals surface area contributed by atoms with Crippen LogP contribution < -0.4 is 10.8 Å². The van der Waals surface area contributed by atoms with Crippen molar-refractivity contribution in [2.75, 3.05) is 0 Å². The van der Waals surface area contributed by atoms with Gasteiger partial charge in [0, 0.05) is 32.5 Å². The molecule has 25 heavy (non-hydrogen) atoms. The summed E-state index contributed by atoms with van der Waals surface area (Å²) in [6.45, 7) is 0. The Morgan fingerprint density at radius 1 is 1.12 bits per heavy atom. The molecule has 1 amide bonds. The first-order chi connectivity index (χ1) is 12.2. The lowest BCUT2D eigenvalue weighted by Crippen LogP contribution is -2.25. The number of hydrogen-bond donors (Lipinski definition) is 1. The fourth-order valence-electron chi connectivity index (χ4n) is 3.12. The Hall–Kier alpha value is -2.59. The molecule has 0 saturated carbocycles. The smallest absolute Gasteiger partial charge is 0.255 e. The first-order valence-corrected chi connectivity index (χ1v) is 9.13. The molecule has 4 heteroatoms. The number of carbonyl (C=O) groups excluding carboxylic acids is 1. The minimum absolute atomic E-state index is 0.116. The summed E-state index contributed by atoms with van der Waals surface area (Å²) < 4.78 is 1.26. The van der Waals surface area contributed by atoms with E-state index in [-0.39, 0.29) is 5.91 Å². The third-order valence-corrected chi connectivity index (χ3v) is 5.32. The number of fused-ring (bicyclic) bond motifs is 1. The summed E-state index contributed by atoms with van der Waals surface area (Å²) in [6, 6.07) is 15.4. The van der Waals surface area contributed by atoms with E-state index in [1.165, 1.54) is 15.6 Å². The summed E-state index contributed by atoms with van der Waals surface area (Å²) in [4.78, 5) is 12.6. The second-order valence-corrected chi connectivity index (χ2v) is 6.97. The molecule has 1 heterocycles. The van der Waals surface area contributed by atoms with E-state index in [1.807, 2.05) is 0 Å². The molecule has 0 saturated heterocycles. The van der Waals surface area contributed by atoms with Crippen LogP contribution in [0.4, 0.5) is 0 Å². The summed E-state index contributed by atoms with van der Waals surface area (Å²) >= 11 is 1.73. The Bertz CT molecular complexity index is 1020. The predicted molar refractivity (Wildman–Crippen MR) is 106 cm³/mol. The van der Waals surface area contributed by atoms with Crippen molar-refractivity contribution in [1.82, 2.24) is 5.32 Å². The number of nitrogens with one attached hydrogen (secondary N) is 1. The van der Waals surface area contributed by atoms with Crippen molar-refractivity contribution in [3.8, 4) is 0 Å². The number of thiophene rings is 1. The number of benzene rings is 2. The van der Waals surface area contributed by atoms with Crippen molar-refractivity contribution in [3.63, 3.8) is 0 Å². The van der Waals surface area contributed by atoms with Gasteiger partial charge in [0.2, 0.25) is 0 Å². The van der Waals surface area contributed by atoms with Gasteiger partial charge in [0.15, 0.2) is 0 Å². The summed E-state index contributed by atoms with van der Waals surface area (Å²) in [5.74, 6) is -0.116. The van der Waals surface area contributed by atoms with E-state index in [0.717, 1.165) is 24.1 Å². The number of rotatable bonds is 3. The van der Waals surface area contributed by atoms with Crippen molar-refractivity contribution in [2.45, 2.75) is 12.8 Å². The van der Waals surface area contributed by atoms with Gasteiger partial charge in [-0.25, -0.2) is 0 Å². The SMILES string of the molecule is [B]c1cccc(C(=O)NC2=C(c3csc4ccccc34)C=CCC2)c1. The Morgan fingerprint density at radius 2 is 2.00 bits per heavy atom. The van der Waals surface area contributed by atoms with Crippen molar-refractivity contribution >= 4 is 46.2 Å². The molecule has 0 bridgehead atoms. The van der Waals surface area contributed by atoms with Gasteiger partial charge in [-0.2, -0.15) is 0 Å². The van der Waals surface area contributed by atoms with Crippen molar-refractivity contribution < 1.29 is 4.79 Å². The lowest BCUT2D eigenvalue weighted by Gasteiger charge is -2.17. The number of amides is 1. The van der Waals surface area contributed by atoms with Gasteiger partial charge in [-0.1, -0.05) is 54.0 Å². The van der Waals surface area contributed by atoms with E-state index in [4.69, 9.17) is 7.85 Å². The van der Waals surface area contributed by atoms with E-state index >= 15 is 0 Å². The largest absolute Gasteiger partial charge is 0.325 e. The number of allylic oxidation sites excluding steroid dienone is 4. The van der Waals surface area contributed by atoms with Crippen LogP contribution in [0.3, 0.4) is 0 Å². The van der Waals surface area contributed by atoms with Crippen molar-refractivity contribution in [3.05, 3.63) is 82.9 Å². The Balaban J connectivity index is 1.73. The standard InChI is InChI=1S/C21H16BNOS/c22-15-7-5-6-14(12-15)21(24)23-19-10-3-1-8-16(19)18-13-25-20-11-4-2-9-17(18)20/h1-2,4-9,11-13H,3,10H2,(H,23,24). The molecular weight excluding hydrogens is 325 g/mol. The lowest BCUT2D eigenvalue weighted by atomic mass is 9.93. The highest BCUT2D eigenvalue weighted by Crippen LogP contribution is 2.35. The van der Waals surface area contributed by atoms with Crippen LogP contribution in [0.15, 0.2) is 71.8 Å². The van der Waals surface area contributed by atoms with Crippen LogP contribution >= 0.6 is 11.3 Å². The van der Waals surface area contributed by atoms with Crippen molar-refractivity contribution in [1.29, 1.82) is 0 Å². The second-order valence-electron chi connectivity index (χ2n) is 6.06. The molecule has 2 nitrogen and oxygen atoms in total. The first kappa shape index (κ1) is 15.9. The summed E-state index contributed by atoms with van der Waals surface area (Å²) in [5.41, 5.74) is 4.42. The quantitative estimate of drug-likeness (QED) is 0.711. The average molecular weight is 341 g/mol. The van der Waals surface area contributed by atoms with Gasteiger partial charge in [0.05, 0.1) is 0 Å². The highest BCUT2D eigenvalue weighted by molar-refractivity contribution is 7.17. The fourth-order valence-corrected chi connectivity index (χ4v) is 4.08. The van der Waals surface area contributed by atoms with Crippen LogP contribution in [0.2, 0.25) is 0 Å². The van der Waals surface area contributed by atoms with E-state index in [1.54, 1.807) is 35.6 Å². The zero-order valence-electron chi connectivity index (χ0n) is 13.7. The molecule has 3 aromatic rings. The summed E-state index contributed by atoms with van der Waals surface area (Å²) in [5, 5.41) is 6.50. The Kier molecular flexibility index (Phi) is 4.28. The third kappa shape index (κ3) is 3.18. The van der Waals surface area contributed by atoms with Crippen LogP contribution in [0.5, 0.6) is 0 Å². The molecule has 0 unspecified atom stereocenters. The molecule has 120 valence electrons. The van der Waals surface area contributed by atoms with Gasteiger partial charge in [-0.15, -0.1) is 11.3 Å². The van der Waals surface area contributed by atoms with Gasteiger partial charge < -0.3 is 5.32 Å². The maximum Gasteiger partial charge on any atom is 0.255 e. The zero-order valence-corrected chi connectivity index (χ0v) is 14.5. The maximum absolute atomic E-state index is 12.6. The normalized spacial score (nSPS) is 14.1. The fraction of sp³-hybridized carbons (Fsp3) is 0.0952. The molecule has 1 aliphatic carbocycles. The van der Waals surface area contributed by atoms with Gasteiger partial charge in [-0.05, 0) is 30.4 Å². The molecule has 1 N–H and O–H groups in total. The highest BCUT2D eigenvalue weighted by atomic mass is 32.1. The second kappa shape index (κ2) is 6.73. The number of hydrogen-bond acceptors (Lipinski definition) is 2. The van der Waals surface area contributed by atoms with Crippen LogP contribution in [0, 0.1) is 0 Å². The summed E-state index contributed by atoms with van der Waals surface area (Å²) in [6.07, 6.45) is 6.03. The highest BCUT2D eigenvalue weighted by Gasteiger charge is 2.17. The monoisotopic (exact) mass is 341 g/mol. The van der Waals surface area contributed by atoms with E-state index in [0.29, 0.717) is 11.0 Å². The topological polar surface area (TPSA) is 29.1 Å². The van der Waals surface area contributed by atoms with Crippen LogP contribution in [-0.2, 0) is 0 Å². The van der Waals surface area contributed by atoms with Gasteiger partial charge in [0.25, 0.3) is 5.91 Å².